The number of phenols is 1. The fourth-order valence-corrected chi connectivity index (χ4v) is 1.71. The molecule has 1 rings (SSSR count). The van der Waals surface area contributed by atoms with Gasteiger partial charge in [0, 0.05) is 0 Å². The number of ether oxygens (including phenoxy) is 1. The molecule has 0 heterocycles. The minimum atomic E-state index is -0.215. The second kappa shape index (κ2) is 7.17. The van der Waals surface area contributed by atoms with E-state index in [0.29, 0.717) is 18.6 Å². The van der Waals surface area contributed by atoms with Crippen LogP contribution in [0.1, 0.15) is 43.0 Å². The van der Waals surface area contributed by atoms with Crippen molar-refractivity contribution in [1.82, 2.24) is 0 Å². The van der Waals surface area contributed by atoms with Crippen molar-refractivity contribution in [2.75, 3.05) is 6.61 Å². The summed E-state index contributed by atoms with van der Waals surface area (Å²) in [5, 5.41) is 9.68. The molecule has 0 unspecified atom stereocenters. The molecular weight excluding hydrogens is 240 g/mol. The molecule has 1 aromatic rings. The number of carbonyl (C=O) groups excluding carboxylic acids is 1. The predicted molar refractivity (Wildman–Crippen MR) is 68.1 cm³/mol. The number of benzene rings is 1. The normalized spacial score (nSPS) is 10.2. The van der Waals surface area contributed by atoms with Gasteiger partial charge in [-0.05, 0) is 18.6 Å². The van der Waals surface area contributed by atoms with Gasteiger partial charge in [0.05, 0.1) is 12.2 Å². The topological polar surface area (TPSA) is 46.5 Å². The summed E-state index contributed by atoms with van der Waals surface area (Å²) >= 11 is 5.88. The molecule has 0 amide bonds. The Labute approximate surface area is 106 Å². The molecule has 0 aliphatic heterocycles. The van der Waals surface area contributed by atoms with Crippen LogP contribution in [-0.2, 0) is 0 Å². The molecular formula is C13H17ClO3. The lowest BCUT2D eigenvalue weighted by Crippen LogP contribution is -1.98. The first-order valence-electron chi connectivity index (χ1n) is 5.80. The molecule has 1 aromatic carbocycles. The van der Waals surface area contributed by atoms with Crippen molar-refractivity contribution in [2.45, 2.75) is 32.6 Å². The van der Waals surface area contributed by atoms with Crippen molar-refractivity contribution >= 4 is 17.9 Å². The Balaban J connectivity index is 2.54. The maximum atomic E-state index is 10.6. The third-order valence-corrected chi connectivity index (χ3v) is 2.86. The lowest BCUT2D eigenvalue weighted by molar-refractivity contribution is 0.112. The van der Waals surface area contributed by atoms with E-state index in [0.717, 1.165) is 12.8 Å². The Morgan fingerprint density at radius 2 is 2.12 bits per heavy atom. The molecule has 94 valence electrons. The van der Waals surface area contributed by atoms with Crippen molar-refractivity contribution in [2.24, 2.45) is 0 Å². The zero-order chi connectivity index (χ0) is 12.7. The average Bonchev–Trinajstić information content (AvgIpc) is 2.34. The second-order valence-corrected chi connectivity index (χ2v) is 4.22. The number of hydrogen-bond acceptors (Lipinski definition) is 3. The fraction of sp³-hybridized carbons (Fsp3) is 0.462. The highest BCUT2D eigenvalue weighted by atomic mass is 35.5. The lowest BCUT2D eigenvalue weighted by Gasteiger charge is -2.09. The molecule has 0 aromatic heterocycles. The molecule has 0 aliphatic rings. The van der Waals surface area contributed by atoms with Crippen LogP contribution in [0.3, 0.4) is 0 Å². The number of halogens is 1. The van der Waals surface area contributed by atoms with E-state index in [-0.39, 0.29) is 16.3 Å². The molecule has 0 radical (unpaired) electrons. The monoisotopic (exact) mass is 256 g/mol. The molecule has 0 atom stereocenters. The van der Waals surface area contributed by atoms with Crippen molar-refractivity contribution < 1.29 is 14.6 Å². The summed E-state index contributed by atoms with van der Waals surface area (Å²) in [6, 6.07) is 3.10. The Bertz CT molecular complexity index is 377. The van der Waals surface area contributed by atoms with Gasteiger partial charge in [0.25, 0.3) is 0 Å². The Morgan fingerprint density at radius 1 is 1.35 bits per heavy atom. The van der Waals surface area contributed by atoms with Crippen molar-refractivity contribution in [3.05, 3.63) is 22.7 Å². The van der Waals surface area contributed by atoms with Crippen LogP contribution in [-0.4, -0.2) is 18.0 Å². The van der Waals surface area contributed by atoms with Crippen LogP contribution >= 0.6 is 11.6 Å². The summed E-state index contributed by atoms with van der Waals surface area (Å²) in [5.41, 5.74) is 0.174. The van der Waals surface area contributed by atoms with Crippen LogP contribution in [0.25, 0.3) is 0 Å². The lowest BCUT2D eigenvalue weighted by atomic mass is 10.2. The third kappa shape index (κ3) is 3.93. The van der Waals surface area contributed by atoms with Gasteiger partial charge in [-0.2, -0.15) is 0 Å². The number of aldehydes is 1. The van der Waals surface area contributed by atoms with Gasteiger partial charge in [-0.25, -0.2) is 0 Å². The summed E-state index contributed by atoms with van der Waals surface area (Å²) in [5.74, 6) is 0.207. The third-order valence-electron chi connectivity index (χ3n) is 2.49. The number of unbranched alkanes of at least 4 members (excludes halogenated alkanes) is 3. The molecule has 17 heavy (non-hydrogen) atoms. The maximum Gasteiger partial charge on any atom is 0.153 e. The van der Waals surface area contributed by atoms with Crippen LogP contribution in [0.5, 0.6) is 11.5 Å². The van der Waals surface area contributed by atoms with E-state index in [2.05, 4.69) is 6.92 Å². The molecule has 0 fully saturated rings. The van der Waals surface area contributed by atoms with Gasteiger partial charge >= 0.3 is 0 Å². The molecule has 1 N–H and O–H groups in total. The molecule has 0 aliphatic carbocycles. The highest BCUT2D eigenvalue weighted by Gasteiger charge is 2.10. The summed E-state index contributed by atoms with van der Waals surface area (Å²) in [7, 11) is 0. The number of hydrogen-bond donors (Lipinski definition) is 1. The molecule has 0 spiro atoms. The van der Waals surface area contributed by atoms with E-state index in [9.17, 15) is 9.90 Å². The van der Waals surface area contributed by atoms with E-state index in [1.165, 1.54) is 18.9 Å². The first-order valence-corrected chi connectivity index (χ1v) is 6.18. The van der Waals surface area contributed by atoms with E-state index in [1.807, 2.05) is 0 Å². The Morgan fingerprint density at radius 3 is 2.76 bits per heavy atom. The average molecular weight is 257 g/mol. The van der Waals surface area contributed by atoms with E-state index in [4.69, 9.17) is 16.3 Å². The van der Waals surface area contributed by atoms with Gasteiger partial charge in [-0.3, -0.25) is 4.79 Å². The largest absolute Gasteiger partial charge is 0.505 e. The van der Waals surface area contributed by atoms with Gasteiger partial charge in [0.2, 0.25) is 0 Å². The number of phenolic OH excluding ortho intramolecular Hbond substituents is 1. The van der Waals surface area contributed by atoms with Crippen LogP contribution in [0.2, 0.25) is 5.02 Å². The first kappa shape index (κ1) is 13.8. The molecule has 3 nitrogen and oxygen atoms in total. The number of aromatic hydroxyl groups is 1. The van der Waals surface area contributed by atoms with E-state index < -0.39 is 0 Å². The predicted octanol–water partition coefficient (Wildman–Crippen LogP) is 3.82. The zero-order valence-electron chi connectivity index (χ0n) is 9.91. The Hall–Kier alpha value is -1.22. The van der Waals surface area contributed by atoms with Crippen molar-refractivity contribution in [1.29, 1.82) is 0 Å². The maximum absolute atomic E-state index is 10.6. The highest BCUT2D eigenvalue weighted by molar-refractivity contribution is 6.33. The molecule has 0 saturated heterocycles. The van der Waals surface area contributed by atoms with Gasteiger partial charge in [-0.1, -0.05) is 37.8 Å². The second-order valence-electron chi connectivity index (χ2n) is 3.84. The number of carbonyl (C=O) groups is 1. The molecule has 0 bridgehead atoms. The smallest absolute Gasteiger partial charge is 0.153 e. The molecule has 4 heteroatoms. The van der Waals surface area contributed by atoms with Crippen LogP contribution < -0.4 is 4.74 Å². The van der Waals surface area contributed by atoms with Crippen molar-refractivity contribution in [3.8, 4) is 11.5 Å². The van der Waals surface area contributed by atoms with E-state index in [1.54, 1.807) is 6.07 Å². The number of rotatable bonds is 7. The first-order chi connectivity index (χ1) is 8.20. The van der Waals surface area contributed by atoms with Gasteiger partial charge in [0.15, 0.2) is 6.29 Å². The molecule has 0 saturated carbocycles. The minimum Gasteiger partial charge on any atom is -0.505 e. The fourth-order valence-electron chi connectivity index (χ4n) is 1.48. The quantitative estimate of drug-likeness (QED) is 0.596. The summed E-state index contributed by atoms with van der Waals surface area (Å²) < 4.78 is 5.46. The van der Waals surface area contributed by atoms with Crippen LogP contribution in [0.15, 0.2) is 12.1 Å². The summed E-state index contributed by atoms with van der Waals surface area (Å²) in [6.45, 7) is 2.72. The zero-order valence-corrected chi connectivity index (χ0v) is 10.7. The van der Waals surface area contributed by atoms with Crippen molar-refractivity contribution in [3.63, 3.8) is 0 Å². The van der Waals surface area contributed by atoms with Gasteiger partial charge < -0.3 is 9.84 Å². The van der Waals surface area contributed by atoms with Crippen LogP contribution in [0.4, 0.5) is 0 Å². The Kier molecular flexibility index (Phi) is 5.84. The summed E-state index contributed by atoms with van der Waals surface area (Å²) in [6.07, 6.45) is 5.00. The van der Waals surface area contributed by atoms with E-state index >= 15 is 0 Å². The minimum absolute atomic E-state index is 0.102. The van der Waals surface area contributed by atoms with Crippen LogP contribution in [0, 0.1) is 0 Å². The SMILES string of the molecule is CCCCCCOc1ccc(C=O)c(O)c1Cl. The van der Waals surface area contributed by atoms with Gasteiger partial charge in [-0.15, -0.1) is 0 Å². The standard InChI is InChI=1S/C13H17ClO3/c1-2-3-4-5-8-17-11-7-6-10(9-15)13(16)12(11)14/h6-7,9,16H,2-5,8H2,1H3. The van der Waals surface area contributed by atoms with Gasteiger partial charge in [0.1, 0.15) is 16.5 Å². The summed E-state index contributed by atoms with van der Waals surface area (Å²) in [4.78, 5) is 10.6. The highest BCUT2D eigenvalue weighted by Crippen LogP contribution is 2.35.